The van der Waals surface area contributed by atoms with Crippen LogP contribution >= 0.6 is 11.6 Å². The second kappa shape index (κ2) is 14.6. The molecule has 2 N–H and O–H groups in total. The Morgan fingerprint density at radius 3 is 2.17 bits per heavy atom. The zero-order valence-corrected chi connectivity index (χ0v) is 22.9. The van der Waals surface area contributed by atoms with Crippen LogP contribution in [-0.4, -0.2) is 64.0 Å². The number of furan rings is 1. The Hall–Kier alpha value is -4.72. The molecule has 0 atom stereocenters. The van der Waals surface area contributed by atoms with Crippen LogP contribution in [0.3, 0.4) is 0 Å². The average molecular weight is 600 g/mol. The number of methoxy groups -OCH3 is 2. The van der Waals surface area contributed by atoms with Crippen LogP contribution in [0.2, 0.25) is 5.02 Å². The lowest BCUT2D eigenvalue weighted by atomic mass is 10.1. The Morgan fingerprint density at radius 1 is 1.00 bits per heavy atom. The number of benzene rings is 2. The molecular weight excluding hydrogens is 575 g/mol. The van der Waals surface area contributed by atoms with Gasteiger partial charge in [0.2, 0.25) is 6.41 Å². The molecule has 11 nitrogen and oxygen atoms in total. The van der Waals surface area contributed by atoms with Gasteiger partial charge in [-0.1, -0.05) is 11.6 Å². The second-order valence-corrected chi connectivity index (χ2v) is 8.48. The van der Waals surface area contributed by atoms with Crippen molar-refractivity contribution in [3.05, 3.63) is 70.6 Å². The van der Waals surface area contributed by atoms with E-state index in [0.29, 0.717) is 6.07 Å². The van der Waals surface area contributed by atoms with Gasteiger partial charge < -0.3 is 34.2 Å². The molecule has 0 saturated heterocycles. The summed E-state index contributed by atoms with van der Waals surface area (Å²) in [6.07, 6.45) is -2.62. The summed E-state index contributed by atoms with van der Waals surface area (Å²) in [7, 11) is 6.04. The molecule has 220 valence electrons. The van der Waals surface area contributed by atoms with E-state index in [1.807, 2.05) is 0 Å². The van der Waals surface area contributed by atoms with Crippen LogP contribution in [0.5, 0.6) is 11.5 Å². The number of esters is 1. The van der Waals surface area contributed by atoms with Crippen molar-refractivity contribution in [3.8, 4) is 11.5 Å². The lowest BCUT2D eigenvalue weighted by Crippen LogP contribution is -2.22. The Balaban J connectivity index is 0.00000108. The predicted molar refractivity (Wildman–Crippen MR) is 141 cm³/mol. The van der Waals surface area contributed by atoms with Crippen LogP contribution in [0.4, 0.5) is 24.5 Å². The Bertz CT molecular complexity index is 1380. The number of carbonyl (C=O) groups is 4. The summed E-state index contributed by atoms with van der Waals surface area (Å²) in [6, 6.07) is 7.81. The van der Waals surface area contributed by atoms with Crippen LogP contribution in [0.15, 0.2) is 53.1 Å². The van der Waals surface area contributed by atoms with Crippen molar-refractivity contribution >= 4 is 47.2 Å². The van der Waals surface area contributed by atoms with Crippen molar-refractivity contribution in [1.82, 2.24) is 4.90 Å². The van der Waals surface area contributed by atoms with Gasteiger partial charge in [0.25, 0.3) is 11.8 Å². The number of nitrogens with zero attached hydrogens (tertiary/aromatic N) is 1. The molecule has 15 heteroatoms. The fourth-order valence-electron chi connectivity index (χ4n) is 2.94. The zero-order valence-electron chi connectivity index (χ0n) is 22.1. The minimum Gasteiger partial charge on any atom is -0.493 e. The van der Waals surface area contributed by atoms with Crippen molar-refractivity contribution in [3.63, 3.8) is 0 Å². The maximum atomic E-state index is 12.9. The van der Waals surface area contributed by atoms with E-state index >= 15 is 0 Å². The van der Waals surface area contributed by atoms with E-state index in [9.17, 15) is 32.3 Å². The lowest BCUT2D eigenvalue weighted by Gasteiger charge is -2.15. The van der Waals surface area contributed by atoms with E-state index in [1.165, 1.54) is 49.6 Å². The van der Waals surface area contributed by atoms with Gasteiger partial charge in [0.15, 0.2) is 23.9 Å². The van der Waals surface area contributed by atoms with Crippen molar-refractivity contribution < 1.29 is 51.0 Å². The summed E-state index contributed by atoms with van der Waals surface area (Å²) in [5.41, 5.74) is -1.58. The summed E-state index contributed by atoms with van der Waals surface area (Å²) < 4.78 is 59.2. The van der Waals surface area contributed by atoms with Crippen LogP contribution in [0, 0.1) is 0 Å². The highest BCUT2D eigenvalue weighted by atomic mass is 35.5. The molecule has 0 radical (unpaired) electrons. The number of rotatable bonds is 9. The van der Waals surface area contributed by atoms with Crippen LogP contribution in [0.25, 0.3) is 0 Å². The molecule has 2 aromatic carbocycles. The summed E-state index contributed by atoms with van der Waals surface area (Å²) in [5.74, 6) is -2.41. The number of hydrogen-bond donors (Lipinski definition) is 2. The Labute approximate surface area is 237 Å². The summed E-state index contributed by atoms with van der Waals surface area (Å²) >= 11 is 5.86. The molecule has 3 rings (SSSR count). The summed E-state index contributed by atoms with van der Waals surface area (Å²) in [4.78, 5) is 48.3. The SMILES string of the molecule is CN(C)C=O.COc1cc(NC(=O)c2ccco2)c(C(=O)OCC(=O)Nc2cc(C(F)(F)F)ccc2Cl)cc1OC. The van der Waals surface area contributed by atoms with Crippen LogP contribution in [-0.2, 0) is 20.5 Å². The highest BCUT2D eigenvalue weighted by Gasteiger charge is 2.31. The van der Waals surface area contributed by atoms with Gasteiger partial charge in [0, 0.05) is 26.2 Å². The minimum absolute atomic E-state index is 0.0403. The third-order valence-electron chi connectivity index (χ3n) is 4.85. The molecule has 1 heterocycles. The fourth-order valence-corrected chi connectivity index (χ4v) is 3.10. The quantitative estimate of drug-likeness (QED) is 0.266. The van der Waals surface area contributed by atoms with Crippen molar-refractivity contribution in [2.45, 2.75) is 6.18 Å². The minimum atomic E-state index is -4.65. The molecule has 3 aromatic rings. The fraction of sp³-hybridized carbons (Fsp3) is 0.231. The van der Waals surface area contributed by atoms with Gasteiger partial charge in [-0.25, -0.2) is 4.79 Å². The Morgan fingerprint density at radius 2 is 1.63 bits per heavy atom. The first kappa shape index (κ1) is 32.5. The molecule has 0 unspecified atom stereocenters. The van der Waals surface area contributed by atoms with Gasteiger partial charge in [0.05, 0.1) is 48.0 Å². The smallest absolute Gasteiger partial charge is 0.416 e. The number of halogens is 4. The highest BCUT2D eigenvalue weighted by molar-refractivity contribution is 6.33. The van der Waals surface area contributed by atoms with Crippen LogP contribution < -0.4 is 20.1 Å². The van der Waals surface area contributed by atoms with E-state index in [2.05, 4.69) is 10.6 Å². The van der Waals surface area contributed by atoms with Gasteiger partial charge in [-0.15, -0.1) is 0 Å². The van der Waals surface area contributed by atoms with E-state index in [1.54, 1.807) is 14.1 Å². The molecule has 3 amide bonds. The number of alkyl halides is 3. The monoisotopic (exact) mass is 599 g/mol. The first-order valence-corrected chi connectivity index (χ1v) is 11.7. The average Bonchev–Trinajstić information content (AvgIpc) is 3.47. The molecular formula is C26H25ClF3N3O8. The maximum Gasteiger partial charge on any atom is 0.416 e. The molecule has 0 aliphatic heterocycles. The first-order valence-electron chi connectivity index (χ1n) is 11.4. The summed E-state index contributed by atoms with van der Waals surface area (Å²) in [5, 5.41) is 4.49. The Kier molecular flexibility index (Phi) is 11.6. The maximum absolute atomic E-state index is 12.9. The largest absolute Gasteiger partial charge is 0.493 e. The molecule has 0 aliphatic rings. The van der Waals surface area contributed by atoms with Gasteiger partial charge in [-0.05, 0) is 30.3 Å². The summed E-state index contributed by atoms with van der Waals surface area (Å²) in [6.45, 7) is -0.870. The first-order chi connectivity index (χ1) is 19.3. The van der Waals surface area contributed by atoms with Gasteiger partial charge in [-0.3, -0.25) is 14.4 Å². The van der Waals surface area contributed by atoms with Crippen molar-refractivity contribution in [2.24, 2.45) is 0 Å². The number of hydrogen-bond acceptors (Lipinski definition) is 8. The van der Waals surface area contributed by atoms with Crippen molar-refractivity contribution in [1.29, 1.82) is 0 Å². The van der Waals surface area contributed by atoms with E-state index in [4.69, 9.17) is 30.2 Å². The number of anilines is 2. The van der Waals surface area contributed by atoms with E-state index in [0.717, 1.165) is 18.5 Å². The predicted octanol–water partition coefficient (Wildman–Crippen LogP) is 4.72. The van der Waals surface area contributed by atoms with E-state index < -0.39 is 36.1 Å². The van der Waals surface area contributed by atoms with Gasteiger partial charge in [0.1, 0.15) is 0 Å². The van der Waals surface area contributed by atoms with Gasteiger partial charge in [-0.2, -0.15) is 13.2 Å². The highest BCUT2D eigenvalue weighted by Crippen LogP contribution is 2.35. The van der Waals surface area contributed by atoms with Crippen molar-refractivity contribution in [2.75, 3.05) is 45.6 Å². The second-order valence-electron chi connectivity index (χ2n) is 8.07. The van der Waals surface area contributed by atoms with E-state index in [-0.39, 0.29) is 39.2 Å². The molecule has 0 bridgehead atoms. The topological polar surface area (TPSA) is 136 Å². The molecule has 0 saturated carbocycles. The number of carbonyl (C=O) groups excluding carboxylic acids is 4. The van der Waals surface area contributed by atoms with Crippen LogP contribution in [0.1, 0.15) is 26.5 Å². The standard InChI is InChI=1S/C23H18ClF3N2O7.C3H7NO/c1-33-18-9-13(15(10-19(18)34-2)29-21(31)17-4-3-7-35-17)22(32)36-11-20(30)28-16-8-12(23(25,26)27)5-6-14(16)24;1-4(2)3-5/h3-10H,11H2,1-2H3,(H,28,30)(H,29,31);3H,1-2H3. The third-order valence-corrected chi connectivity index (χ3v) is 5.18. The molecule has 41 heavy (non-hydrogen) atoms. The molecule has 0 spiro atoms. The lowest BCUT2D eigenvalue weighted by molar-refractivity contribution is -0.137. The third kappa shape index (κ3) is 9.46. The zero-order chi connectivity index (χ0) is 30.7. The molecule has 1 aromatic heterocycles. The molecule has 0 fully saturated rings. The number of nitrogens with one attached hydrogen (secondary N) is 2. The van der Waals surface area contributed by atoms with Gasteiger partial charge >= 0.3 is 12.1 Å². The number of ether oxygens (including phenoxy) is 3. The molecule has 0 aliphatic carbocycles. The normalized spacial score (nSPS) is 10.4. The number of amides is 3.